The number of hydrogen-bond donors (Lipinski definition) is 1. The van der Waals surface area contributed by atoms with Crippen LogP contribution < -0.4 is 5.32 Å². The maximum Gasteiger partial charge on any atom is 0.255 e. The van der Waals surface area contributed by atoms with Gasteiger partial charge in [-0.1, -0.05) is 35.3 Å². The zero-order chi connectivity index (χ0) is 20.4. The van der Waals surface area contributed by atoms with Crippen LogP contribution in [0.2, 0.25) is 10.0 Å². The third-order valence-electron chi connectivity index (χ3n) is 4.51. The number of nitrogens with zero attached hydrogens (tertiary/aromatic N) is 1. The number of hydrogen-bond acceptors (Lipinski definition) is 4. The molecule has 0 bridgehead atoms. The van der Waals surface area contributed by atoms with Crippen molar-refractivity contribution in [3.05, 3.63) is 87.8 Å². The van der Waals surface area contributed by atoms with Gasteiger partial charge in [-0.15, -0.1) is 11.8 Å². The van der Waals surface area contributed by atoms with Crippen molar-refractivity contribution in [1.82, 2.24) is 4.90 Å². The van der Waals surface area contributed by atoms with E-state index in [4.69, 9.17) is 27.6 Å². The molecule has 0 aliphatic carbocycles. The summed E-state index contributed by atoms with van der Waals surface area (Å²) < 4.78 is 5.38. The second kappa shape index (κ2) is 8.53. The van der Waals surface area contributed by atoms with Gasteiger partial charge in [-0.3, -0.25) is 9.59 Å². The Kier molecular flexibility index (Phi) is 5.85. The van der Waals surface area contributed by atoms with E-state index in [1.54, 1.807) is 59.3 Å². The van der Waals surface area contributed by atoms with E-state index in [0.29, 0.717) is 33.6 Å². The third kappa shape index (κ3) is 4.45. The first-order valence-corrected chi connectivity index (χ1v) is 10.6. The number of furan rings is 1. The minimum absolute atomic E-state index is 0.0637. The van der Waals surface area contributed by atoms with E-state index in [0.717, 1.165) is 11.3 Å². The molecular formula is C21H16Cl2N2O3S. The lowest BCUT2D eigenvalue weighted by molar-refractivity contribution is -0.128. The molecule has 2 aromatic carbocycles. The summed E-state index contributed by atoms with van der Waals surface area (Å²) in [5.41, 5.74) is 1.89. The molecule has 1 saturated heterocycles. The Bertz CT molecular complexity index is 1040. The summed E-state index contributed by atoms with van der Waals surface area (Å²) in [5.74, 6) is 0.929. The topological polar surface area (TPSA) is 62.6 Å². The van der Waals surface area contributed by atoms with Crippen LogP contribution in [0.5, 0.6) is 0 Å². The van der Waals surface area contributed by atoms with E-state index in [1.807, 2.05) is 18.2 Å². The van der Waals surface area contributed by atoms with Crippen LogP contribution in [0.25, 0.3) is 0 Å². The predicted molar refractivity (Wildman–Crippen MR) is 115 cm³/mol. The molecule has 148 valence electrons. The van der Waals surface area contributed by atoms with E-state index in [1.165, 1.54) is 0 Å². The van der Waals surface area contributed by atoms with Gasteiger partial charge in [0.15, 0.2) is 0 Å². The normalized spacial score (nSPS) is 16.3. The summed E-state index contributed by atoms with van der Waals surface area (Å²) in [6, 6.07) is 15.7. The van der Waals surface area contributed by atoms with Gasteiger partial charge in [0.05, 0.1) is 29.3 Å². The highest BCUT2D eigenvalue weighted by Gasteiger charge is 2.33. The molecule has 1 fully saturated rings. The van der Waals surface area contributed by atoms with Gasteiger partial charge in [0, 0.05) is 10.6 Å². The number of anilines is 1. The lowest BCUT2D eigenvalue weighted by Crippen LogP contribution is -2.27. The quantitative estimate of drug-likeness (QED) is 0.552. The van der Waals surface area contributed by atoms with Crippen LogP contribution in [0.1, 0.15) is 27.1 Å². The van der Waals surface area contributed by atoms with Gasteiger partial charge in [-0.05, 0) is 48.0 Å². The smallest absolute Gasteiger partial charge is 0.255 e. The van der Waals surface area contributed by atoms with E-state index >= 15 is 0 Å². The highest BCUT2D eigenvalue weighted by atomic mass is 35.5. The number of carbonyl (C=O) groups is 2. The molecule has 0 unspecified atom stereocenters. The Morgan fingerprint density at radius 2 is 1.97 bits per heavy atom. The molecule has 5 nitrogen and oxygen atoms in total. The zero-order valence-corrected chi connectivity index (χ0v) is 17.4. The van der Waals surface area contributed by atoms with Crippen molar-refractivity contribution in [2.45, 2.75) is 11.9 Å². The fourth-order valence-electron chi connectivity index (χ4n) is 3.06. The summed E-state index contributed by atoms with van der Waals surface area (Å²) in [5, 5.41) is 3.54. The summed E-state index contributed by atoms with van der Waals surface area (Å²) in [7, 11) is 0. The van der Waals surface area contributed by atoms with Gasteiger partial charge in [-0.25, -0.2) is 0 Å². The molecule has 3 aromatic rings. The number of amides is 2. The molecule has 2 amide bonds. The number of benzene rings is 2. The molecule has 1 aliphatic rings. The van der Waals surface area contributed by atoms with Gasteiger partial charge >= 0.3 is 0 Å². The molecule has 0 spiro atoms. The summed E-state index contributed by atoms with van der Waals surface area (Å²) in [6.07, 6.45) is 1.59. The number of rotatable bonds is 5. The maximum absolute atomic E-state index is 12.5. The van der Waals surface area contributed by atoms with Crippen LogP contribution in [0.15, 0.2) is 65.3 Å². The van der Waals surface area contributed by atoms with E-state index in [9.17, 15) is 9.59 Å². The monoisotopic (exact) mass is 446 g/mol. The number of halogens is 2. The standard InChI is InChI=1S/C21H16Cl2N2O3S/c22-15-7-8-17(23)18(10-15)24-20(27)13-3-5-14(6-4-13)21-25(19(26)12-29-21)11-16-2-1-9-28-16/h1-10,21H,11-12H2,(H,24,27)/t21-/m1/s1. The van der Waals surface area contributed by atoms with Crippen LogP contribution in [0, 0.1) is 0 Å². The van der Waals surface area contributed by atoms with Crippen LogP contribution in [0.3, 0.4) is 0 Å². The maximum atomic E-state index is 12.5. The fourth-order valence-corrected chi connectivity index (χ4v) is 4.58. The molecule has 2 heterocycles. The highest BCUT2D eigenvalue weighted by molar-refractivity contribution is 8.00. The third-order valence-corrected chi connectivity index (χ3v) is 6.33. The average Bonchev–Trinajstić information content (AvgIpc) is 3.36. The molecule has 1 atom stereocenters. The number of nitrogens with one attached hydrogen (secondary N) is 1. The van der Waals surface area contributed by atoms with Crippen molar-refractivity contribution >= 4 is 52.5 Å². The molecule has 4 rings (SSSR count). The lowest BCUT2D eigenvalue weighted by Gasteiger charge is -2.23. The Hall–Kier alpha value is -2.41. The minimum Gasteiger partial charge on any atom is -0.467 e. The average molecular weight is 447 g/mol. The molecule has 8 heteroatoms. The van der Waals surface area contributed by atoms with Crippen molar-refractivity contribution in [2.24, 2.45) is 0 Å². The van der Waals surface area contributed by atoms with E-state index in [-0.39, 0.29) is 17.2 Å². The van der Waals surface area contributed by atoms with Gasteiger partial charge < -0.3 is 14.6 Å². The SMILES string of the molecule is O=C(Nc1cc(Cl)ccc1Cl)c1ccc([C@H]2SCC(=O)N2Cc2ccco2)cc1. The lowest BCUT2D eigenvalue weighted by atomic mass is 10.1. The first-order chi connectivity index (χ1) is 14.0. The van der Waals surface area contributed by atoms with Crippen LogP contribution >= 0.6 is 35.0 Å². The Morgan fingerprint density at radius 3 is 2.69 bits per heavy atom. The van der Waals surface area contributed by atoms with Gasteiger partial charge in [0.25, 0.3) is 5.91 Å². The summed E-state index contributed by atoms with van der Waals surface area (Å²) in [4.78, 5) is 26.6. The Labute approximate surface area is 182 Å². The van der Waals surface area contributed by atoms with Crippen molar-refractivity contribution < 1.29 is 14.0 Å². The molecular weight excluding hydrogens is 431 g/mol. The van der Waals surface area contributed by atoms with E-state index < -0.39 is 0 Å². The highest BCUT2D eigenvalue weighted by Crippen LogP contribution is 2.39. The van der Waals surface area contributed by atoms with Crippen molar-refractivity contribution in [3.8, 4) is 0 Å². The van der Waals surface area contributed by atoms with Crippen LogP contribution in [-0.2, 0) is 11.3 Å². The van der Waals surface area contributed by atoms with Crippen molar-refractivity contribution in [3.63, 3.8) is 0 Å². The molecule has 1 aromatic heterocycles. The molecule has 0 radical (unpaired) electrons. The van der Waals surface area contributed by atoms with E-state index in [2.05, 4.69) is 5.32 Å². The Morgan fingerprint density at radius 1 is 1.17 bits per heavy atom. The number of thioether (sulfide) groups is 1. The fraction of sp³-hybridized carbons (Fsp3) is 0.143. The first-order valence-electron chi connectivity index (χ1n) is 8.81. The Balaban J connectivity index is 1.49. The molecule has 1 N–H and O–H groups in total. The van der Waals surface area contributed by atoms with Crippen molar-refractivity contribution in [2.75, 3.05) is 11.1 Å². The zero-order valence-electron chi connectivity index (χ0n) is 15.1. The molecule has 29 heavy (non-hydrogen) atoms. The summed E-state index contributed by atoms with van der Waals surface area (Å²) >= 11 is 13.6. The van der Waals surface area contributed by atoms with Gasteiger partial charge in [-0.2, -0.15) is 0 Å². The van der Waals surface area contributed by atoms with Crippen LogP contribution in [0.4, 0.5) is 5.69 Å². The van der Waals surface area contributed by atoms with Crippen LogP contribution in [-0.4, -0.2) is 22.5 Å². The van der Waals surface area contributed by atoms with Crippen molar-refractivity contribution in [1.29, 1.82) is 0 Å². The predicted octanol–water partition coefficient (Wildman–Crippen LogP) is 5.61. The molecule has 1 aliphatic heterocycles. The summed E-state index contributed by atoms with van der Waals surface area (Å²) in [6.45, 7) is 0.416. The molecule has 0 saturated carbocycles. The van der Waals surface area contributed by atoms with Gasteiger partial charge in [0.2, 0.25) is 5.91 Å². The minimum atomic E-state index is -0.289. The first kappa shape index (κ1) is 19.9. The number of carbonyl (C=O) groups excluding carboxylic acids is 2. The largest absolute Gasteiger partial charge is 0.467 e. The second-order valence-electron chi connectivity index (χ2n) is 6.46. The van der Waals surface area contributed by atoms with Gasteiger partial charge in [0.1, 0.15) is 11.1 Å². The second-order valence-corrected chi connectivity index (χ2v) is 8.38.